The summed E-state index contributed by atoms with van der Waals surface area (Å²) in [5, 5.41) is 0.833. The number of carbonyl (C=O) groups is 1. The summed E-state index contributed by atoms with van der Waals surface area (Å²) in [6, 6.07) is 9.00. The van der Waals surface area contributed by atoms with Crippen LogP contribution in [0.1, 0.15) is 30.7 Å². The van der Waals surface area contributed by atoms with Gasteiger partial charge in [0.15, 0.2) is 17.5 Å². The van der Waals surface area contributed by atoms with Crippen LogP contribution in [-0.4, -0.2) is 98.2 Å². The fourth-order valence-corrected chi connectivity index (χ4v) is 7.68. The summed E-state index contributed by atoms with van der Waals surface area (Å²) in [6.07, 6.45) is 12.1. The third kappa shape index (κ3) is 5.94. The summed E-state index contributed by atoms with van der Waals surface area (Å²) < 4.78 is 67.4. The van der Waals surface area contributed by atoms with Gasteiger partial charge in [0, 0.05) is 85.7 Å². The Morgan fingerprint density at radius 1 is 1.02 bits per heavy atom. The number of piperazine rings is 1. The largest absolute Gasteiger partial charge is 0.461 e. The molecule has 52 heavy (non-hydrogen) atoms. The van der Waals surface area contributed by atoms with Crippen molar-refractivity contribution in [3.8, 4) is 29.6 Å². The Morgan fingerprint density at radius 2 is 1.83 bits per heavy atom. The highest BCUT2D eigenvalue weighted by atomic mass is 19.1. The molecule has 0 saturated carbocycles. The van der Waals surface area contributed by atoms with Crippen molar-refractivity contribution in [2.75, 3.05) is 50.8 Å². The lowest BCUT2D eigenvalue weighted by molar-refractivity contribution is -0.128. The number of nitrogens with zero attached hydrogens (tertiary/aromatic N) is 8. The standard InChI is InChI=1S/C38H32F4N8O2/c1-2-23-6-3-7-25-28(40)9-8-26(31(23)25)33-32(42)34-27(20-45-33)35(47-37(46-34)52-22-38-10-4-13-50(38)21-24(39)19-38)48-14-16-49(17-15-48)36(51)29(41)18-30-43-11-5-12-44-30/h1,3,5-9,11-12,18,20,24H,4,10,13-17,19,21-22H2/b29-18-/t24-,38+/m1/s1. The zero-order valence-electron chi connectivity index (χ0n) is 27.9. The van der Waals surface area contributed by atoms with Crippen molar-refractivity contribution in [3.63, 3.8) is 0 Å². The molecule has 3 aromatic heterocycles. The van der Waals surface area contributed by atoms with Crippen LogP contribution in [0, 0.1) is 24.0 Å². The highest BCUT2D eigenvalue weighted by Gasteiger charge is 2.49. The van der Waals surface area contributed by atoms with Crippen molar-refractivity contribution in [2.24, 2.45) is 0 Å². The van der Waals surface area contributed by atoms with Gasteiger partial charge >= 0.3 is 6.01 Å². The number of benzene rings is 2. The molecule has 8 rings (SSSR count). The van der Waals surface area contributed by atoms with Crippen LogP contribution in [0.25, 0.3) is 39.0 Å². The lowest BCUT2D eigenvalue weighted by atomic mass is 9.95. The molecule has 0 aliphatic carbocycles. The molecule has 2 aromatic carbocycles. The van der Waals surface area contributed by atoms with E-state index in [1.807, 2.05) is 4.90 Å². The lowest BCUT2D eigenvalue weighted by Crippen LogP contribution is -2.49. The number of fused-ring (bicyclic) bond motifs is 3. The van der Waals surface area contributed by atoms with Crippen LogP contribution >= 0.6 is 0 Å². The minimum Gasteiger partial charge on any atom is -0.461 e. The van der Waals surface area contributed by atoms with E-state index in [4.69, 9.17) is 16.1 Å². The number of alkyl halides is 1. The predicted octanol–water partition coefficient (Wildman–Crippen LogP) is 5.51. The van der Waals surface area contributed by atoms with E-state index >= 15 is 4.39 Å². The van der Waals surface area contributed by atoms with Crippen molar-refractivity contribution in [3.05, 3.63) is 83.8 Å². The van der Waals surface area contributed by atoms with E-state index in [0.29, 0.717) is 29.7 Å². The molecule has 14 heteroatoms. The number of rotatable bonds is 7. The summed E-state index contributed by atoms with van der Waals surface area (Å²) in [7, 11) is 0. The summed E-state index contributed by atoms with van der Waals surface area (Å²) >= 11 is 0. The summed E-state index contributed by atoms with van der Waals surface area (Å²) in [5.74, 6) is -0.162. The van der Waals surface area contributed by atoms with Gasteiger partial charge in [0.25, 0.3) is 5.91 Å². The maximum Gasteiger partial charge on any atom is 0.319 e. The van der Waals surface area contributed by atoms with Gasteiger partial charge in [-0.05, 0) is 43.7 Å². The van der Waals surface area contributed by atoms with Gasteiger partial charge in [0.05, 0.1) is 10.9 Å². The fraction of sp³-hybridized carbons (Fsp3) is 0.316. The second-order valence-electron chi connectivity index (χ2n) is 13.2. The Kier molecular flexibility index (Phi) is 8.66. The molecule has 5 aromatic rings. The summed E-state index contributed by atoms with van der Waals surface area (Å²) in [4.78, 5) is 39.8. The molecule has 3 aliphatic heterocycles. The number of halogens is 4. The van der Waals surface area contributed by atoms with Crippen LogP contribution in [0.5, 0.6) is 6.01 Å². The van der Waals surface area contributed by atoms with Gasteiger partial charge in [-0.25, -0.2) is 27.5 Å². The van der Waals surface area contributed by atoms with Crippen molar-refractivity contribution in [1.82, 2.24) is 34.7 Å². The second kappa shape index (κ2) is 13.5. The molecular weight excluding hydrogens is 676 g/mol. The average molecular weight is 709 g/mol. The van der Waals surface area contributed by atoms with Gasteiger partial charge in [-0.1, -0.05) is 18.1 Å². The number of hydrogen-bond donors (Lipinski definition) is 0. The number of pyridine rings is 1. The van der Waals surface area contributed by atoms with E-state index in [2.05, 4.69) is 30.8 Å². The minimum absolute atomic E-state index is 0.0740. The first-order chi connectivity index (χ1) is 25.2. The van der Waals surface area contributed by atoms with Crippen molar-refractivity contribution in [1.29, 1.82) is 0 Å². The number of aromatic nitrogens is 5. The van der Waals surface area contributed by atoms with Crippen LogP contribution in [-0.2, 0) is 4.79 Å². The van der Waals surface area contributed by atoms with Crippen molar-refractivity contribution >= 4 is 39.5 Å². The molecule has 0 unspecified atom stereocenters. The number of anilines is 1. The molecule has 0 spiro atoms. The van der Waals surface area contributed by atoms with Crippen LogP contribution < -0.4 is 9.64 Å². The topological polar surface area (TPSA) is 100 Å². The normalized spacial score (nSPS) is 20.8. The molecule has 1 amide bonds. The number of amides is 1. The Balaban J connectivity index is 1.16. The molecule has 0 N–H and O–H groups in total. The minimum atomic E-state index is -0.995. The van der Waals surface area contributed by atoms with E-state index in [1.54, 1.807) is 24.3 Å². The van der Waals surface area contributed by atoms with Gasteiger partial charge < -0.3 is 14.5 Å². The molecule has 0 bridgehead atoms. The monoisotopic (exact) mass is 708 g/mol. The fourth-order valence-electron chi connectivity index (χ4n) is 7.68. The van der Waals surface area contributed by atoms with Gasteiger partial charge in [-0.2, -0.15) is 9.97 Å². The predicted molar refractivity (Wildman–Crippen MR) is 187 cm³/mol. The van der Waals surface area contributed by atoms with E-state index in [-0.39, 0.29) is 72.2 Å². The third-order valence-electron chi connectivity index (χ3n) is 10.2. The maximum atomic E-state index is 16.8. The van der Waals surface area contributed by atoms with E-state index in [1.165, 1.54) is 35.6 Å². The maximum absolute atomic E-state index is 16.8. The molecule has 264 valence electrons. The number of hydrogen-bond acceptors (Lipinski definition) is 9. The number of ether oxygens (including phenoxy) is 1. The van der Waals surface area contributed by atoms with Crippen LogP contribution in [0.15, 0.2) is 60.8 Å². The Labute approximate surface area is 296 Å². The zero-order chi connectivity index (χ0) is 36.0. The number of terminal acetylenes is 1. The van der Waals surface area contributed by atoms with E-state index < -0.39 is 35.1 Å². The Morgan fingerprint density at radius 3 is 2.62 bits per heavy atom. The van der Waals surface area contributed by atoms with Gasteiger partial charge in [0.1, 0.15) is 35.6 Å². The zero-order valence-corrected chi connectivity index (χ0v) is 27.9. The quantitative estimate of drug-likeness (QED) is 0.123. The lowest BCUT2D eigenvalue weighted by Gasteiger charge is -2.35. The smallest absolute Gasteiger partial charge is 0.319 e. The molecular formula is C38H32F4N8O2. The van der Waals surface area contributed by atoms with Crippen molar-refractivity contribution in [2.45, 2.75) is 31.0 Å². The third-order valence-corrected chi connectivity index (χ3v) is 10.2. The molecule has 0 radical (unpaired) electrons. The Bertz CT molecular complexity index is 2280. The van der Waals surface area contributed by atoms with Crippen LogP contribution in [0.4, 0.5) is 23.4 Å². The first-order valence-corrected chi connectivity index (χ1v) is 17.0. The molecule has 3 fully saturated rings. The number of carbonyl (C=O) groups excluding carboxylic acids is 1. The Hall–Kier alpha value is -5.68. The summed E-state index contributed by atoms with van der Waals surface area (Å²) in [5.41, 5.74) is -0.0271. The molecule has 2 atom stereocenters. The average Bonchev–Trinajstić information content (AvgIpc) is 3.70. The van der Waals surface area contributed by atoms with Gasteiger partial charge in [-0.15, -0.1) is 6.42 Å². The second-order valence-corrected chi connectivity index (χ2v) is 13.2. The SMILES string of the molecule is C#Cc1cccc2c(F)ccc(-c3ncc4c(N5CCN(C(=O)/C(F)=C/c6ncccn6)CC5)nc(OC[C@@]56CCCN5C[C@H](F)C6)nc4c3F)c12. The highest BCUT2D eigenvalue weighted by molar-refractivity contribution is 6.02. The van der Waals surface area contributed by atoms with E-state index in [0.717, 1.165) is 25.5 Å². The molecule has 3 saturated heterocycles. The molecule has 10 nitrogen and oxygen atoms in total. The van der Waals surface area contributed by atoms with E-state index in [9.17, 15) is 18.0 Å². The van der Waals surface area contributed by atoms with Crippen LogP contribution in [0.2, 0.25) is 0 Å². The van der Waals surface area contributed by atoms with Gasteiger partial charge in [-0.3, -0.25) is 14.7 Å². The van der Waals surface area contributed by atoms with Gasteiger partial charge in [0.2, 0.25) is 0 Å². The highest BCUT2D eigenvalue weighted by Crippen LogP contribution is 2.41. The molecule has 3 aliphatic rings. The van der Waals surface area contributed by atoms with Crippen molar-refractivity contribution < 1.29 is 27.1 Å². The summed E-state index contributed by atoms with van der Waals surface area (Å²) in [6.45, 7) is 1.94. The molecule has 6 heterocycles. The first-order valence-electron chi connectivity index (χ1n) is 17.0. The van der Waals surface area contributed by atoms with Crippen LogP contribution in [0.3, 0.4) is 0 Å². The first kappa shape index (κ1) is 33.5.